The molecule has 1 heterocycles. The third-order valence-electron chi connectivity index (χ3n) is 4.35. The molecule has 3 rings (SSSR count). The summed E-state index contributed by atoms with van der Waals surface area (Å²) in [6.07, 6.45) is 0.468. The van der Waals surface area contributed by atoms with Gasteiger partial charge in [-0.15, -0.1) is 0 Å². The highest BCUT2D eigenvalue weighted by Crippen LogP contribution is 2.35. The van der Waals surface area contributed by atoms with Crippen molar-refractivity contribution in [2.75, 3.05) is 12.0 Å². The number of hydrogen-bond donors (Lipinski definition) is 1. The average molecular weight is 388 g/mol. The number of rotatable bonds is 4. The molecule has 0 saturated carbocycles. The van der Waals surface area contributed by atoms with Crippen LogP contribution in [0.2, 0.25) is 0 Å². The van der Waals surface area contributed by atoms with Gasteiger partial charge in [-0.2, -0.15) is 0 Å². The van der Waals surface area contributed by atoms with Gasteiger partial charge in [-0.3, -0.25) is 4.90 Å². The first-order valence-corrected chi connectivity index (χ1v) is 8.80. The molecule has 0 saturated heterocycles. The zero-order valence-corrected chi connectivity index (χ0v) is 15.6. The Labute approximate surface area is 161 Å². The van der Waals surface area contributed by atoms with Crippen LogP contribution < -0.4 is 10.2 Å². The molecule has 2 aromatic carbocycles. The van der Waals surface area contributed by atoms with E-state index in [0.29, 0.717) is 34.1 Å². The number of methoxy groups -OCH3 is 1. The van der Waals surface area contributed by atoms with E-state index in [9.17, 15) is 13.6 Å². The van der Waals surface area contributed by atoms with Gasteiger partial charge in [0.25, 0.3) is 0 Å². The highest BCUT2D eigenvalue weighted by Gasteiger charge is 2.36. The van der Waals surface area contributed by atoms with Crippen molar-refractivity contribution >= 4 is 29.0 Å². The lowest BCUT2D eigenvalue weighted by Crippen LogP contribution is -2.48. The lowest BCUT2D eigenvalue weighted by atomic mass is 9.93. The van der Waals surface area contributed by atoms with E-state index in [4.69, 9.17) is 17.0 Å². The highest BCUT2D eigenvalue weighted by atomic mass is 32.1. The Bertz CT molecular complexity index is 912. The third-order valence-corrected chi connectivity index (χ3v) is 4.65. The van der Waals surface area contributed by atoms with Crippen LogP contribution in [-0.2, 0) is 9.53 Å². The predicted octanol–water partition coefficient (Wildman–Crippen LogP) is 4.24. The molecular weight excluding hydrogens is 370 g/mol. The first-order chi connectivity index (χ1) is 13.0. The summed E-state index contributed by atoms with van der Waals surface area (Å²) >= 11 is 5.51. The molecule has 0 radical (unpaired) electrons. The number of nitrogens with one attached hydrogen (secondary N) is 1. The number of anilines is 1. The second-order valence-electron chi connectivity index (χ2n) is 5.95. The van der Waals surface area contributed by atoms with Gasteiger partial charge in [0.15, 0.2) is 5.11 Å². The zero-order chi connectivity index (χ0) is 19.6. The van der Waals surface area contributed by atoms with Crippen LogP contribution in [0.5, 0.6) is 0 Å². The Morgan fingerprint density at radius 1 is 1.19 bits per heavy atom. The van der Waals surface area contributed by atoms with Crippen LogP contribution in [0.15, 0.2) is 59.8 Å². The molecule has 1 aliphatic rings. The van der Waals surface area contributed by atoms with Crippen molar-refractivity contribution in [2.45, 2.75) is 19.4 Å². The van der Waals surface area contributed by atoms with Crippen LogP contribution in [0.3, 0.4) is 0 Å². The van der Waals surface area contributed by atoms with Gasteiger partial charge in [-0.1, -0.05) is 19.1 Å². The third kappa shape index (κ3) is 3.68. The molecule has 0 bridgehead atoms. The van der Waals surface area contributed by atoms with Gasteiger partial charge in [-0.25, -0.2) is 13.6 Å². The minimum atomic E-state index is -0.646. The summed E-state index contributed by atoms with van der Waals surface area (Å²) in [5.74, 6) is -1.32. The number of halogens is 2. The molecule has 0 unspecified atom stereocenters. The molecule has 0 spiro atoms. The van der Waals surface area contributed by atoms with Crippen LogP contribution >= 0.6 is 12.2 Å². The summed E-state index contributed by atoms with van der Waals surface area (Å²) in [6, 6.07) is 11.1. The summed E-state index contributed by atoms with van der Waals surface area (Å²) < 4.78 is 32.1. The van der Waals surface area contributed by atoms with Crippen molar-refractivity contribution in [3.63, 3.8) is 0 Å². The molecule has 0 aromatic heterocycles. The molecule has 0 aliphatic carbocycles. The first-order valence-electron chi connectivity index (χ1n) is 8.39. The predicted molar refractivity (Wildman–Crippen MR) is 103 cm³/mol. The molecule has 140 valence electrons. The maximum atomic E-state index is 13.7. The Morgan fingerprint density at radius 2 is 1.89 bits per heavy atom. The summed E-state index contributed by atoms with van der Waals surface area (Å²) in [5.41, 5.74) is 2.13. The van der Waals surface area contributed by atoms with Gasteiger partial charge in [-0.05, 0) is 60.6 Å². The molecule has 0 fully saturated rings. The fourth-order valence-electron chi connectivity index (χ4n) is 3.16. The maximum absolute atomic E-state index is 13.7. The fourth-order valence-corrected chi connectivity index (χ4v) is 3.50. The van der Waals surface area contributed by atoms with Crippen LogP contribution in [0.4, 0.5) is 14.5 Å². The van der Waals surface area contributed by atoms with E-state index in [2.05, 4.69) is 5.32 Å². The SMILES string of the molecule is CCC1=C(C(=O)OC)[C@@H](c2cccc(F)c2)NC(=S)N1c1ccc(F)cc1. The van der Waals surface area contributed by atoms with E-state index in [1.807, 2.05) is 6.92 Å². The largest absolute Gasteiger partial charge is 0.466 e. The normalized spacial score (nSPS) is 17.0. The fraction of sp³-hybridized carbons (Fsp3) is 0.200. The lowest BCUT2D eigenvalue weighted by molar-refractivity contribution is -0.136. The topological polar surface area (TPSA) is 41.6 Å². The van der Waals surface area contributed by atoms with Gasteiger partial charge >= 0.3 is 5.97 Å². The van der Waals surface area contributed by atoms with Crippen molar-refractivity contribution in [3.8, 4) is 0 Å². The molecular formula is C20H18F2N2O2S. The Hall–Kier alpha value is -2.80. The van der Waals surface area contributed by atoms with Crippen molar-refractivity contribution in [2.24, 2.45) is 0 Å². The van der Waals surface area contributed by atoms with Crippen LogP contribution in [0, 0.1) is 11.6 Å². The molecule has 1 aliphatic heterocycles. The van der Waals surface area contributed by atoms with Crippen LogP contribution in [0.25, 0.3) is 0 Å². The highest BCUT2D eigenvalue weighted by molar-refractivity contribution is 7.80. The van der Waals surface area contributed by atoms with Gasteiger partial charge in [0.05, 0.1) is 18.7 Å². The maximum Gasteiger partial charge on any atom is 0.337 e. The van der Waals surface area contributed by atoms with Crippen LogP contribution in [-0.4, -0.2) is 18.2 Å². The van der Waals surface area contributed by atoms with Gasteiger partial charge in [0.2, 0.25) is 0 Å². The average Bonchev–Trinajstić information content (AvgIpc) is 2.67. The van der Waals surface area contributed by atoms with Crippen molar-refractivity contribution < 1.29 is 18.3 Å². The van der Waals surface area contributed by atoms with Gasteiger partial charge in [0, 0.05) is 11.4 Å². The van der Waals surface area contributed by atoms with Crippen molar-refractivity contribution in [3.05, 3.63) is 77.0 Å². The Kier molecular flexibility index (Phi) is 5.51. The number of ether oxygens (including phenoxy) is 1. The molecule has 0 amide bonds. The molecule has 2 aromatic rings. The Morgan fingerprint density at radius 3 is 2.48 bits per heavy atom. The molecule has 1 N–H and O–H groups in total. The summed E-state index contributed by atoms with van der Waals surface area (Å²) in [6.45, 7) is 1.88. The minimum Gasteiger partial charge on any atom is -0.466 e. The summed E-state index contributed by atoms with van der Waals surface area (Å²) in [7, 11) is 1.29. The number of nitrogens with zero attached hydrogens (tertiary/aromatic N) is 1. The number of hydrogen-bond acceptors (Lipinski definition) is 3. The van der Waals surface area contributed by atoms with Gasteiger partial charge < -0.3 is 10.1 Å². The zero-order valence-electron chi connectivity index (χ0n) is 14.8. The van der Waals surface area contributed by atoms with E-state index in [-0.39, 0.29) is 5.82 Å². The summed E-state index contributed by atoms with van der Waals surface area (Å²) in [5, 5.41) is 3.42. The first kappa shape index (κ1) is 19.0. The smallest absolute Gasteiger partial charge is 0.337 e. The molecule has 7 heteroatoms. The number of thiocarbonyl (C=S) groups is 1. The standard InChI is InChI=1S/C20H18F2N2O2S/c1-3-16-17(19(25)26-2)18(12-5-4-6-14(22)11-12)23-20(27)24(16)15-9-7-13(21)8-10-15/h4-11,18H,3H2,1-2H3,(H,23,27)/t18-/m1/s1. The number of benzene rings is 2. The van der Waals surface area contributed by atoms with E-state index in [1.54, 1.807) is 29.2 Å². The quantitative estimate of drug-likeness (QED) is 0.627. The Balaban J connectivity index is 2.18. The lowest BCUT2D eigenvalue weighted by Gasteiger charge is -2.38. The second kappa shape index (κ2) is 7.84. The molecule has 27 heavy (non-hydrogen) atoms. The molecule has 1 atom stereocenters. The second-order valence-corrected chi connectivity index (χ2v) is 6.34. The number of allylic oxidation sites excluding steroid dienone is 1. The minimum absolute atomic E-state index is 0.334. The van der Waals surface area contributed by atoms with E-state index >= 15 is 0 Å². The monoisotopic (exact) mass is 388 g/mol. The summed E-state index contributed by atoms with van der Waals surface area (Å²) in [4.78, 5) is 14.3. The van der Waals surface area contributed by atoms with Crippen molar-refractivity contribution in [1.82, 2.24) is 5.32 Å². The number of esters is 1. The number of carbonyl (C=O) groups excluding carboxylic acids is 1. The van der Waals surface area contributed by atoms with E-state index in [0.717, 1.165) is 0 Å². The van der Waals surface area contributed by atoms with Crippen molar-refractivity contribution in [1.29, 1.82) is 0 Å². The van der Waals surface area contributed by atoms with Crippen LogP contribution in [0.1, 0.15) is 24.9 Å². The number of carbonyl (C=O) groups is 1. The van der Waals surface area contributed by atoms with E-state index in [1.165, 1.54) is 31.4 Å². The van der Waals surface area contributed by atoms with Gasteiger partial charge in [0.1, 0.15) is 11.6 Å². The molecule has 4 nitrogen and oxygen atoms in total. The van der Waals surface area contributed by atoms with E-state index < -0.39 is 17.8 Å².